The fourth-order valence-corrected chi connectivity index (χ4v) is 3.14. The molecular formula is C15H24N2O4. The number of urea groups is 1. The number of esters is 1. The molecule has 0 bridgehead atoms. The Morgan fingerprint density at radius 1 is 1.38 bits per heavy atom. The van der Waals surface area contributed by atoms with Gasteiger partial charge in [-0.05, 0) is 39.5 Å². The monoisotopic (exact) mass is 296 g/mol. The quantitative estimate of drug-likeness (QED) is 0.623. The van der Waals surface area contributed by atoms with E-state index >= 15 is 0 Å². The van der Waals surface area contributed by atoms with Crippen LogP contribution in [-0.2, 0) is 14.3 Å². The minimum Gasteiger partial charge on any atom is -0.459 e. The van der Waals surface area contributed by atoms with Crippen LogP contribution in [0.25, 0.3) is 0 Å². The largest absolute Gasteiger partial charge is 0.459 e. The van der Waals surface area contributed by atoms with Gasteiger partial charge in [0.05, 0.1) is 0 Å². The average molecular weight is 296 g/mol. The Hall–Kier alpha value is -1.59. The van der Waals surface area contributed by atoms with E-state index in [2.05, 4.69) is 5.32 Å². The first kappa shape index (κ1) is 15.8. The molecule has 1 aliphatic heterocycles. The van der Waals surface area contributed by atoms with Crippen LogP contribution in [0, 0.1) is 5.92 Å². The number of rotatable bonds is 2. The molecule has 2 fully saturated rings. The number of nitrogens with one attached hydrogen (secondary N) is 1. The van der Waals surface area contributed by atoms with Gasteiger partial charge in [-0.25, -0.2) is 4.79 Å². The number of carbonyl (C=O) groups excluding carboxylic acids is 3. The third-order valence-electron chi connectivity index (χ3n) is 4.21. The predicted molar refractivity (Wildman–Crippen MR) is 76.5 cm³/mol. The van der Waals surface area contributed by atoms with E-state index in [1.807, 2.05) is 6.92 Å². The maximum absolute atomic E-state index is 12.6. The van der Waals surface area contributed by atoms with Crippen LogP contribution in [0.4, 0.5) is 4.79 Å². The molecule has 0 aromatic heterocycles. The van der Waals surface area contributed by atoms with Crippen LogP contribution in [0.5, 0.6) is 0 Å². The van der Waals surface area contributed by atoms with E-state index in [-0.39, 0.29) is 18.4 Å². The molecule has 6 nitrogen and oxygen atoms in total. The molecule has 0 aromatic rings. The number of amides is 3. The molecule has 0 radical (unpaired) electrons. The van der Waals surface area contributed by atoms with Crippen molar-refractivity contribution in [3.8, 4) is 0 Å². The van der Waals surface area contributed by atoms with E-state index in [1.165, 1.54) is 0 Å². The summed E-state index contributed by atoms with van der Waals surface area (Å²) in [6.07, 6.45) is 3.53. The molecule has 2 atom stereocenters. The molecular weight excluding hydrogens is 272 g/mol. The van der Waals surface area contributed by atoms with Crippen molar-refractivity contribution in [3.63, 3.8) is 0 Å². The lowest BCUT2D eigenvalue weighted by molar-refractivity contribution is -0.157. The Labute approximate surface area is 125 Å². The molecule has 2 unspecified atom stereocenters. The van der Waals surface area contributed by atoms with Gasteiger partial charge in [-0.3, -0.25) is 14.5 Å². The third kappa shape index (κ3) is 3.04. The molecule has 2 aliphatic rings. The van der Waals surface area contributed by atoms with Gasteiger partial charge in [0.2, 0.25) is 0 Å². The second-order valence-corrected chi connectivity index (χ2v) is 7.03. The van der Waals surface area contributed by atoms with Crippen LogP contribution in [0.2, 0.25) is 0 Å². The van der Waals surface area contributed by atoms with Gasteiger partial charge in [0.1, 0.15) is 17.7 Å². The highest BCUT2D eigenvalue weighted by Crippen LogP contribution is 2.38. The minimum atomic E-state index is -0.822. The summed E-state index contributed by atoms with van der Waals surface area (Å²) < 4.78 is 5.19. The summed E-state index contributed by atoms with van der Waals surface area (Å²) in [4.78, 5) is 37.6. The second-order valence-electron chi connectivity index (χ2n) is 7.03. The molecule has 3 amide bonds. The summed E-state index contributed by atoms with van der Waals surface area (Å²) in [7, 11) is 0. The zero-order valence-corrected chi connectivity index (χ0v) is 13.2. The third-order valence-corrected chi connectivity index (χ3v) is 4.21. The van der Waals surface area contributed by atoms with Gasteiger partial charge < -0.3 is 10.1 Å². The zero-order chi connectivity index (χ0) is 15.8. The summed E-state index contributed by atoms with van der Waals surface area (Å²) in [6, 6.07) is -0.486. The molecule has 1 saturated heterocycles. The van der Waals surface area contributed by atoms with Crippen LogP contribution < -0.4 is 5.32 Å². The summed E-state index contributed by atoms with van der Waals surface area (Å²) >= 11 is 0. The van der Waals surface area contributed by atoms with Crippen molar-refractivity contribution in [2.75, 3.05) is 6.54 Å². The summed E-state index contributed by atoms with van der Waals surface area (Å²) in [5.74, 6) is -0.761. The van der Waals surface area contributed by atoms with Gasteiger partial charge in [0, 0.05) is 0 Å². The number of carbonyl (C=O) groups is 3. The Bertz CT molecular complexity index is 469. The molecule has 1 aliphatic carbocycles. The first-order valence-corrected chi connectivity index (χ1v) is 7.52. The Balaban J connectivity index is 2.10. The standard InChI is InChI=1S/C15H24N2O4/c1-10-7-5-6-8-15(10)12(19)17(13(20)16-15)9-11(18)21-14(2,3)4/h10H,5-9H2,1-4H3,(H,16,20). The Morgan fingerprint density at radius 2 is 2.05 bits per heavy atom. The lowest BCUT2D eigenvalue weighted by Crippen LogP contribution is -2.54. The lowest BCUT2D eigenvalue weighted by atomic mass is 9.73. The highest BCUT2D eigenvalue weighted by Gasteiger charge is 2.55. The molecule has 118 valence electrons. The normalized spacial score (nSPS) is 29.7. The smallest absolute Gasteiger partial charge is 0.326 e. The summed E-state index contributed by atoms with van der Waals surface area (Å²) in [5, 5.41) is 2.82. The minimum absolute atomic E-state index is 0.0892. The summed E-state index contributed by atoms with van der Waals surface area (Å²) in [6.45, 7) is 6.91. The fraction of sp³-hybridized carbons (Fsp3) is 0.800. The Kier molecular flexibility index (Phi) is 4.00. The predicted octanol–water partition coefficient (Wildman–Crippen LogP) is 1.83. The van der Waals surface area contributed by atoms with Crippen LogP contribution in [0.3, 0.4) is 0 Å². The molecule has 1 heterocycles. The first-order chi connectivity index (χ1) is 9.66. The van der Waals surface area contributed by atoms with E-state index in [9.17, 15) is 14.4 Å². The van der Waals surface area contributed by atoms with Crippen molar-refractivity contribution < 1.29 is 19.1 Å². The number of imide groups is 1. The van der Waals surface area contributed by atoms with Gasteiger partial charge in [0.15, 0.2) is 0 Å². The van der Waals surface area contributed by atoms with Crippen LogP contribution in [0.1, 0.15) is 53.4 Å². The van der Waals surface area contributed by atoms with Crippen molar-refractivity contribution in [1.82, 2.24) is 10.2 Å². The molecule has 6 heteroatoms. The maximum Gasteiger partial charge on any atom is 0.326 e. The van der Waals surface area contributed by atoms with Crippen LogP contribution in [0.15, 0.2) is 0 Å². The molecule has 1 N–H and O–H groups in total. The van der Waals surface area contributed by atoms with Crippen molar-refractivity contribution in [1.29, 1.82) is 0 Å². The second kappa shape index (κ2) is 5.31. The van der Waals surface area contributed by atoms with Gasteiger partial charge in [-0.2, -0.15) is 0 Å². The average Bonchev–Trinajstić information content (AvgIpc) is 2.56. The SMILES string of the molecule is CC1CCCCC12NC(=O)N(CC(=O)OC(C)(C)C)C2=O. The molecule has 1 saturated carbocycles. The lowest BCUT2D eigenvalue weighted by Gasteiger charge is -2.36. The highest BCUT2D eigenvalue weighted by atomic mass is 16.6. The number of hydrogen-bond acceptors (Lipinski definition) is 4. The van der Waals surface area contributed by atoms with E-state index < -0.39 is 23.1 Å². The number of nitrogens with zero attached hydrogens (tertiary/aromatic N) is 1. The van der Waals surface area contributed by atoms with Crippen LogP contribution in [-0.4, -0.2) is 40.5 Å². The van der Waals surface area contributed by atoms with E-state index in [1.54, 1.807) is 20.8 Å². The van der Waals surface area contributed by atoms with E-state index in [4.69, 9.17) is 4.74 Å². The van der Waals surface area contributed by atoms with Gasteiger partial charge >= 0.3 is 12.0 Å². The van der Waals surface area contributed by atoms with Gasteiger partial charge in [0.25, 0.3) is 5.91 Å². The van der Waals surface area contributed by atoms with Crippen molar-refractivity contribution >= 4 is 17.9 Å². The fourth-order valence-electron chi connectivity index (χ4n) is 3.14. The van der Waals surface area contributed by atoms with Crippen molar-refractivity contribution in [3.05, 3.63) is 0 Å². The molecule has 0 aromatic carbocycles. The van der Waals surface area contributed by atoms with Crippen molar-refractivity contribution in [2.24, 2.45) is 5.92 Å². The number of hydrogen-bond donors (Lipinski definition) is 1. The van der Waals surface area contributed by atoms with E-state index in [0.29, 0.717) is 6.42 Å². The number of ether oxygens (including phenoxy) is 1. The van der Waals surface area contributed by atoms with E-state index in [0.717, 1.165) is 24.2 Å². The van der Waals surface area contributed by atoms with Gasteiger partial charge in [-0.15, -0.1) is 0 Å². The maximum atomic E-state index is 12.6. The topological polar surface area (TPSA) is 75.7 Å². The summed E-state index contributed by atoms with van der Waals surface area (Å²) in [5.41, 5.74) is -1.45. The molecule has 1 spiro atoms. The zero-order valence-electron chi connectivity index (χ0n) is 13.2. The van der Waals surface area contributed by atoms with Crippen LogP contribution >= 0.6 is 0 Å². The highest BCUT2D eigenvalue weighted by molar-refractivity contribution is 6.08. The Morgan fingerprint density at radius 3 is 2.62 bits per heavy atom. The van der Waals surface area contributed by atoms with Gasteiger partial charge in [-0.1, -0.05) is 19.8 Å². The van der Waals surface area contributed by atoms with Crippen molar-refractivity contribution in [2.45, 2.75) is 64.5 Å². The first-order valence-electron chi connectivity index (χ1n) is 7.52. The molecule has 21 heavy (non-hydrogen) atoms. The molecule has 2 rings (SSSR count).